The van der Waals surface area contributed by atoms with E-state index in [-0.39, 0.29) is 0 Å². The number of carbonyl (C=O) groups is 1. The first kappa shape index (κ1) is 26.6. The normalized spacial score (nSPS) is 10.0. The summed E-state index contributed by atoms with van der Waals surface area (Å²) in [5.41, 5.74) is 5.49. The first-order valence-corrected chi connectivity index (χ1v) is 11.6. The number of rotatable bonds is 19. The zero-order valence-electron chi connectivity index (χ0n) is 18.1. The van der Waals surface area contributed by atoms with Gasteiger partial charge in [0.05, 0.1) is 0 Å². The van der Waals surface area contributed by atoms with Crippen molar-refractivity contribution >= 4 is 5.97 Å². The van der Waals surface area contributed by atoms with Gasteiger partial charge in [-0.05, 0) is 44.1 Å². The Morgan fingerprint density at radius 1 is 0.571 bits per heavy atom. The molecule has 0 unspecified atom stereocenters. The van der Waals surface area contributed by atoms with Crippen LogP contribution in [0.25, 0.3) is 0 Å². The molecule has 28 heavy (non-hydrogen) atoms. The standard InChI is InChI=1S/C25H43NO2/c26-24-22-20-18-16-14-12-10-8-6-4-2-1-3-5-7-9-11-13-15-17-19-21-23-25(27)28/h2,4,6,8-24,26H2,(H,27,28). The highest BCUT2D eigenvalue weighted by Gasteiger charge is 1.96. The lowest BCUT2D eigenvalue weighted by atomic mass is 10.1. The predicted molar refractivity (Wildman–Crippen MR) is 120 cm³/mol. The lowest BCUT2D eigenvalue weighted by Gasteiger charge is -2.01. The van der Waals surface area contributed by atoms with E-state index in [0.29, 0.717) is 6.42 Å². The molecular formula is C25H43NO2. The van der Waals surface area contributed by atoms with Gasteiger partial charge in [-0.1, -0.05) is 88.9 Å². The van der Waals surface area contributed by atoms with Gasteiger partial charge in [-0.3, -0.25) is 4.79 Å². The highest BCUT2D eigenvalue weighted by molar-refractivity contribution is 5.66. The highest BCUT2D eigenvalue weighted by Crippen LogP contribution is 2.11. The number of aliphatic carboxylic acids is 1. The molecule has 3 heteroatoms. The number of carboxylic acids is 1. The van der Waals surface area contributed by atoms with Crippen LogP contribution in [0.1, 0.15) is 122 Å². The third-order valence-corrected chi connectivity index (χ3v) is 4.94. The molecule has 0 saturated carbocycles. The maximum absolute atomic E-state index is 10.4. The molecule has 0 aliphatic heterocycles. The van der Waals surface area contributed by atoms with Crippen LogP contribution in [-0.4, -0.2) is 17.6 Å². The molecule has 0 radical (unpaired) electrons. The van der Waals surface area contributed by atoms with Crippen LogP contribution in [0.2, 0.25) is 0 Å². The van der Waals surface area contributed by atoms with Crippen molar-refractivity contribution in [1.82, 2.24) is 0 Å². The Hall–Kier alpha value is -1.45. The van der Waals surface area contributed by atoms with Gasteiger partial charge in [0.1, 0.15) is 0 Å². The van der Waals surface area contributed by atoms with Gasteiger partial charge in [0, 0.05) is 19.3 Å². The van der Waals surface area contributed by atoms with Crippen LogP contribution >= 0.6 is 0 Å². The van der Waals surface area contributed by atoms with E-state index in [1.165, 1.54) is 77.0 Å². The van der Waals surface area contributed by atoms with Crippen molar-refractivity contribution in [1.29, 1.82) is 0 Å². The summed E-state index contributed by atoms with van der Waals surface area (Å²) in [5, 5.41) is 8.56. The molecule has 0 heterocycles. The molecule has 0 spiro atoms. The molecule has 0 aliphatic carbocycles. The van der Waals surface area contributed by atoms with Crippen molar-refractivity contribution in [3.63, 3.8) is 0 Å². The first-order valence-electron chi connectivity index (χ1n) is 11.6. The van der Waals surface area contributed by atoms with Gasteiger partial charge in [-0.2, -0.15) is 0 Å². The predicted octanol–water partition coefficient (Wildman–Crippen LogP) is 6.45. The monoisotopic (exact) mass is 389 g/mol. The van der Waals surface area contributed by atoms with Crippen LogP contribution in [-0.2, 0) is 4.79 Å². The molecule has 0 saturated heterocycles. The van der Waals surface area contributed by atoms with Crippen molar-refractivity contribution in [2.24, 2.45) is 5.73 Å². The Morgan fingerprint density at radius 2 is 0.929 bits per heavy atom. The van der Waals surface area contributed by atoms with Gasteiger partial charge >= 0.3 is 5.97 Å². The molecule has 0 aromatic heterocycles. The summed E-state index contributed by atoms with van der Waals surface area (Å²) in [7, 11) is 0. The fourth-order valence-corrected chi connectivity index (χ4v) is 3.18. The molecule has 0 amide bonds. The minimum Gasteiger partial charge on any atom is -0.481 e. The second kappa shape index (κ2) is 23.6. The van der Waals surface area contributed by atoms with Gasteiger partial charge in [-0.15, -0.1) is 0 Å². The zero-order valence-corrected chi connectivity index (χ0v) is 18.1. The summed E-state index contributed by atoms with van der Waals surface area (Å²) in [5.74, 6) is 11.6. The number of unbranched alkanes of at least 4 members (excludes halogenated alkanes) is 16. The minimum atomic E-state index is -0.684. The summed E-state index contributed by atoms with van der Waals surface area (Å²) in [4.78, 5) is 10.4. The molecule has 0 rings (SSSR count). The SMILES string of the molecule is NCCCCCCCCCCCCC#CC#CCCCCCCCCC(=O)O. The van der Waals surface area contributed by atoms with E-state index in [2.05, 4.69) is 23.7 Å². The summed E-state index contributed by atoms with van der Waals surface area (Å²) in [6, 6.07) is 0. The Kier molecular flexibility index (Phi) is 22.4. The molecule has 0 aromatic rings. The topological polar surface area (TPSA) is 63.3 Å². The van der Waals surface area contributed by atoms with Crippen LogP contribution in [0.4, 0.5) is 0 Å². The number of carboxylic acid groups (broad SMARTS) is 1. The van der Waals surface area contributed by atoms with Crippen LogP contribution in [0, 0.1) is 23.7 Å². The van der Waals surface area contributed by atoms with Crippen molar-refractivity contribution < 1.29 is 9.90 Å². The number of nitrogens with two attached hydrogens (primary N) is 1. The van der Waals surface area contributed by atoms with Gasteiger partial charge in [0.15, 0.2) is 0 Å². The average molecular weight is 390 g/mol. The van der Waals surface area contributed by atoms with E-state index in [1.807, 2.05) is 0 Å². The Morgan fingerprint density at radius 3 is 1.32 bits per heavy atom. The van der Waals surface area contributed by atoms with E-state index in [9.17, 15) is 4.79 Å². The van der Waals surface area contributed by atoms with Gasteiger partial charge in [-0.25, -0.2) is 0 Å². The van der Waals surface area contributed by atoms with Crippen molar-refractivity contribution in [3.8, 4) is 23.7 Å². The molecule has 0 aliphatic rings. The number of hydrogen-bond donors (Lipinski definition) is 2. The number of hydrogen-bond acceptors (Lipinski definition) is 2. The second-order valence-corrected chi connectivity index (χ2v) is 7.69. The van der Waals surface area contributed by atoms with E-state index in [1.54, 1.807) is 0 Å². The van der Waals surface area contributed by atoms with Crippen LogP contribution < -0.4 is 5.73 Å². The van der Waals surface area contributed by atoms with Crippen LogP contribution in [0.5, 0.6) is 0 Å². The Balaban J connectivity index is 3.24. The van der Waals surface area contributed by atoms with Gasteiger partial charge in [0.2, 0.25) is 0 Å². The Bertz CT molecular complexity index is 464. The highest BCUT2D eigenvalue weighted by atomic mass is 16.4. The summed E-state index contributed by atoms with van der Waals surface area (Å²) in [6.07, 6.45) is 21.8. The minimum absolute atomic E-state index is 0.306. The van der Waals surface area contributed by atoms with Crippen LogP contribution in [0.3, 0.4) is 0 Å². The largest absolute Gasteiger partial charge is 0.481 e. The third-order valence-electron chi connectivity index (χ3n) is 4.94. The maximum atomic E-state index is 10.4. The van der Waals surface area contributed by atoms with Crippen molar-refractivity contribution in [2.45, 2.75) is 122 Å². The van der Waals surface area contributed by atoms with Crippen molar-refractivity contribution in [2.75, 3.05) is 6.54 Å². The maximum Gasteiger partial charge on any atom is 0.303 e. The first-order chi connectivity index (χ1) is 13.8. The quantitative estimate of drug-likeness (QED) is 0.197. The summed E-state index contributed by atoms with van der Waals surface area (Å²) < 4.78 is 0. The van der Waals surface area contributed by atoms with E-state index < -0.39 is 5.97 Å². The molecule has 3 N–H and O–H groups in total. The molecular weight excluding hydrogens is 346 g/mol. The molecule has 0 bridgehead atoms. The average Bonchev–Trinajstić information content (AvgIpc) is 2.68. The fraction of sp³-hybridized carbons (Fsp3) is 0.800. The summed E-state index contributed by atoms with van der Waals surface area (Å²) >= 11 is 0. The molecule has 160 valence electrons. The summed E-state index contributed by atoms with van der Waals surface area (Å²) in [6.45, 7) is 0.841. The molecule has 0 atom stereocenters. The van der Waals surface area contributed by atoms with E-state index in [4.69, 9.17) is 10.8 Å². The lowest BCUT2D eigenvalue weighted by molar-refractivity contribution is -0.137. The van der Waals surface area contributed by atoms with E-state index in [0.717, 1.165) is 45.1 Å². The second-order valence-electron chi connectivity index (χ2n) is 7.69. The van der Waals surface area contributed by atoms with Gasteiger partial charge < -0.3 is 10.8 Å². The molecule has 0 aromatic carbocycles. The van der Waals surface area contributed by atoms with Crippen LogP contribution in [0.15, 0.2) is 0 Å². The molecule has 0 fully saturated rings. The Labute approximate surface area is 174 Å². The lowest BCUT2D eigenvalue weighted by Crippen LogP contribution is -1.97. The van der Waals surface area contributed by atoms with Crippen molar-refractivity contribution in [3.05, 3.63) is 0 Å². The zero-order chi connectivity index (χ0) is 20.5. The third kappa shape index (κ3) is 24.6. The molecule has 3 nitrogen and oxygen atoms in total. The van der Waals surface area contributed by atoms with E-state index >= 15 is 0 Å². The fourth-order valence-electron chi connectivity index (χ4n) is 3.18. The van der Waals surface area contributed by atoms with Gasteiger partial charge in [0.25, 0.3) is 0 Å². The smallest absolute Gasteiger partial charge is 0.303 e.